The summed E-state index contributed by atoms with van der Waals surface area (Å²) in [5.41, 5.74) is 0. The number of hydrogen-bond acceptors (Lipinski definition) is 5. The van der Waals surface area contributed by atoms with Gasteiger partial charge in [-0.15, -0.1) is 0 Å². The fourth-order valence-electron chi connectivity index (χ4n) is 2.24. The van der Waals surface area contributed by atoms with E-state index >= 15 is 0 Å². The van der Waals surface area contributed by atoms with E-state index in [2.05, 4.69) is 34.4 Å². The maximum absolute atomic E-state index is 4.54. The van der Waals surface area contributed by atoms with Crippen molar-refractivity contribution in [3.8, 4) is 0 Å². The first kappa shape index (κ1) is 14.4. The monoisotopic (exact) mass is 280 g/mol. The van der Waals surface area contributed by atoms with Crippen molar-refractivity contribution >= 4 is 23.4 Å². The molecule has 1 aliphatic rings. The van der Waals surface area contributed by atoms with E-state index in [1.165, 1.54) is 19.3 Å². The minimum Gasteiger partial charge on any atom is -0.370 e. The highest BCUT2D eigenvalue weighted by atomic mass is 32.2. The molecular weight excluding hydrogens is 256 g/mol. The van der Waals surface area contributed by atoms with Crippen LogP contribution in [0.5, 0.6) is 0 Å². The number of aromatic nitrogens is 2. The summed E-state index contributed by atoms with van der Waals surface area (Å²) in [6.45, 7) is 5.35. The Morgan fingerprint density at radius 3 is 2.74 bits per heavy atom. The summed E-state index contributed by atoms with van der Waals surface area (Å²) in [5, 5.41) is 7.70. The standard InChI is InChI=1S/C14H24N4S/c1-4-6-10-8-11(10)16-13-9-12(15-7-5-2)17-14(18-13)19-3/h9-11H,4-8H2,1-3H3,(H2,15,16,17,18). The molecule has 1 heterocycles. The van der Waals surface area contributed by atoms with Crippen LogP contribution in [0.15, 0.2) is 11.2 Å². The van der Waals surface area contributed by atoms with Gasteiger partial charge in [0.15, 0.2) is 5.16 Å². The minimum atomic E-state index is 0.614. The molecule has 0 aliphatic heterocycles. The Bertz CT molecular complexity index is 410. The van der Waals surface area contributed by atoms with E-state index in [1.807, 2.05) is 12.3 Å². The van der Waals surface area contributed by atoms with Gasteiger partial charge in [-0.25, -0.2) is 9.97 Å². The molecule has 2 unspecified atom stereocenters. The van der Waals surface area contributed by atoms with Gasteiger partial charge >= 0.3 is 0 Å². The second kappa shape index (κ2) is 6.98. The van der Waals surface area contributed by atoms with Gasteiger partial charge in [0.2, 0.25) is 0 Å². The van der Waals surface area contributed by atoms with Crippen molar-refractivity contribution in [1.82, 2.24) is 9.97 Å². The molecular formula is C14H24N4S. The van der Waals surface area contributed by atoms with Crippen molar-refractivity contribution in [2.45, 2.75) is 50.7 Å². The van der Waals surface area contributed by atoms with Crippen molar-refractivity contribution in [2.24, 2.45) is 5.92 Å². The Labute approximate surface area is 120 Å². The van der Waals surface area contributed by atoms with Crippen LogP contribution in [-0.2, 0) is 0 Å². The van der Waals surface area contributed by atoms with Gasteiger partial charge in [-0.2, -0.15) is 0 Å². The predicted octanol–water partition coefficient (Wildman–Crippen LogP) is 3.62. The molecule has 19 heavy (non-hydrogen) atoms. The van der Waals surface area contributed by atoms with Gasteiger partial charge in [-0.1, -0.05) is 32.0 Å². The molecule has 0 spiro atoms. The van der Waals surface area contributed by atoms with Crippen LogP contribution in [0.1, 0.15) is 39.5 Å². The molecule has 106 valence electrons. The minimum absolute atomic E-state index is 0.614. The highest BCUT2D eigenvalue weighted by molar-refractivity contribution is 7.98. The van der Waals surface area contributed by atoms with E-state index in [0.717, 1.165) is 35.7 Å². The first-order chi connectivity index (χ1) is 9.26. The van der Waals surface area contributed by atoms with Gasteiger partial charge in [-0.05, 0) is 31.4 Å². The van der Waals surface area contributed by atoms with Crippen LogP contribution < -0.4 is 10.6 Å². The molecule has 0 saturated heterocycles. The predicted molar refractivity (Wildman–Crippen MR) is 83.0 cm³/mol. The highest BCUT2D eigenvalue weighted by Gasteiger charge is 2.36. The molecule has 2 N–H and O–H groups in total. The SMILES string of the molecule is CCCNc1cc(NC2CC2CCC)nc(SC)n1. The van der Waals surface area contributed by atoms with E-state index in [-0.39, 0.29) is 0 Å². The molecule has 1 saturated carbocycles. The smallest absolute Gasteiger partial charge is 0.191 e. The molecule has 2 rings (SSSR count). The number of anilines is 2. The Morgan fingerprint density at radius 2 is 2.05 bits per heavy atom. The lowest BCUT2D eigenvalue weighted by Crippen LogP contribution is -2.09. The van der Waals surface area contributed by atoms with Crippen molar-refractivity contribution in [3.05, 3.63) is 6.07 Å². The van der Waals surface area contributed by atoms with Gasteiger partial charge in [0.1, 0.15) is 11.6 Å². The second-order valence-corrected chi connectivity index (χ2v) is 5.86. The van der Waals surface area contributed by atoms with Crippen molar-refractivity contribution < 1.29 is 0 Å². The molecule has 1 aliphatic carbocycles. The fourth-order valence-corrected chi connectivity index (χ4v) is 2.62. The van der Waals surface area contributed by atoms with Gasteiger partial charge < -0.3 is 10.6 Å². The molecule has 2 atom stereocenters. The Hall–Kier alpha value is -0.970. The molecule has 1 aromatic rings. The molecule has 1 fully saturated rings. The third kappa shape index (κ3) is 4.27. The van der Waals surface area contributed by atoms with E-state index < -0.39 is 0 Å². The molecule has 0 amide bonds. The van der Waals surface area contributed by atoms with E-state index in [9.17, 15) is 0 Å². The summed E-state index contributed by atoms with van der Waals surface area (Å²) < 4.78 is 0. The number of hydrogen-bond donors (Lipinski definition) is 2. The summed E-state index contributed by atoms with van der Waals surface area (Å²) in [6.07, 6.45) is 6.98. The van der Waals surface area contributed by atoms with Crippen LogP contribution in [0.2, 0.25) is 0 Å². The second-order valence-electron chi connectivity index (χ2n) is 5.09. The average molecular weight is 280 g/mol. The van der Waals surface area contributed by atoms with Crippen LogP contribution in [0.25, 0.3) is 0 Å². The van der Waals surface area contributed by atoms with Crippen molar-refractivity contribution in [3.63, 3.8) is 0 Å². The molecule has 0 radical (unpaired) electrons. The maximum Gasteiger partial charge on any atom is 0.191 e. The Balaban J connectivity index is 1.99. The zero-order valence-electron chi connectivity index (χ0n) is 12.1. The lowest BCUT2D eigenvalue weighted by molar-refractivity contribution is 0.691. The van der Waals surface area contributed by atoms with Crippen molar-refractivity contribution in [2.75, 3.05) is 23.4 Å². The van der Waals surface area contributed by atoms with Gasteiger partial charge in [0.25, 0.3) is 0 Å². The average Bonchev–Trinajstić information content (AvgIpc) is 3.14. The van der Waals surface area contributed by atoms with Crippen LogP contribution in [0, 0.1) is 5.92 Å². The van der Waals surface area contributed by atoms with Gasteiger partial charge in [0.05, 0.1) is 0 Å². The summed E-state index contributed by atoms with van der Waals surface area (Å²) in [5.74, 6) is 2.72. The third-order valence-electron chi connectivity index (χ3n) is 3.36. The highest BCUT2D eigenvalue weighted by Crippen LogP contribution is 2.37. The molecule has 1 aromatic heterocycles. The number of rotatable bonds is 8. The van der Waals surface area contributed by atoms with Gasteiger partial charge in [-0.3, -0.25) is 0 Å². The Kier molecular flexibility index (Phi) is 5.31. The number of thioether (sulfide) groups is 1. The lowest BCUT2D eigenvalue weighted by Gasteiger charge is -2.10. The first-order valence-electron chi connectivity index (χ1n) is 7.20. The van der Waals surface area contributed by atoms with Crippen LogP contribution >= 0.6 is 11.8 Å². The Morgan fingerprint density at radius 1 is 1.26 bits per heavy atom. The van der Waals surface area contributed by atoms with E-state index in [1.54, 1.807) is 11.8 Å². The third-order valence-corrected chi connectivity index (χ3v) is 3.91. The van der Waals surface area contributed by atoms with Crippen LogP contribution in [0.4, 0.5) is 11.6 Å². The summed E-state index contributed by atoms with van der Waals surface area (Å²) in [6, 6.07) is 2.64. The zero-order valence-corrected chi connectivity index (χ0v) is 12.9. The lowest BCUT2D eigenvalue weighted by atomic mass is 10.2. The van der Waals surface area contributed by atoms with Gasteiger partial charge in [0, 0.05) is 18.7 Å². The largest absolute Gasteiger partial charge is 0.370 e. The number of nitrogens with zero attached hydrogens (tertiary/aromatic N) is 2. The maximum atomic E-state index is 4.54. The van der Waals surface area contributed by atoms with E-state index in [4.69, 9.17) is 0 Å². The van der Waals surface area contributed by atoms with Crippen LogP contribution in [-0.4, -0.2) is 28.8 Å². The fraction of sp³-hybridized carbons (Fsp3) is 0.714. The molecule has 0 aromatic carbocycles. The van der Waals surface area contributed by atoms with E-state index in [0.29, 0.717) is 6.04 Å². The molecule has 0 bridgehead atoms. The molecule has 5 heteroatoms. The van der Waals surface area contributed by atoms with Crippen LogP contribution in [0.3, 0.4) is 0 Å². The quantitative estimate of drug-likeness (QED) is 0.562. The topological polar surface area (TPSA) is 49.8 Å². The normalized spacial score (nSPS) is 21.2. The van der Waals surface area contributed by atoms with Crippen molar-refractivity contribution in [1.29, 1.82) is 0 Å². The zero-order chi connectivity index (χ0) is 13.7. The summed E-state index contributed by atoms with van der Waals surface area (Å²) in [7, 11) is 0. The first-order valence-corrected chi connectivity index (χ1v) is 8.42. The molecule has 4 nitrogen and oxygen atoms in total. The summed E-state index contributed by atoms with van der Waals surface area (Å²) in [4.78, 5) is 9.01. The number of nitrogens with one attached hydrogen (secondary N) is 2. The summed E-state index contributed by atoms with van der Waals surface area (Å²) >= 11 is 1.59.